The summed E-state index contributed by atoms with van der Waals surface area (Å²) in [6, 6.07) is 5.00. The predicted octanol–water partition coefficient (Wildman–Crippen LogP) is 3.36. The number of aliphatic hydroxyl groups is 1. The van der Waals surface area contributed by atoms with E-state index in [1.54, 1.807) is 18.2 Å². The topological polar surface area (TPSA) is 55.8 Å². The zero-order valence-corrected chi connectivity index (χ0v) is 12.8. The molecule has 0 spiro atoms. The van der Waals surface area contributed by atoms with Crippen LogP contribution in [-0.4, -0.2) is 25.3 Å². The molecule has 0 aliphatic heterocycles. The van der Waals surface area contributed by atoms with Gasteiger partial charge in [-0.05, 0) is 24.1 Å². The van der Waals surface area contributed by atoms with Gasteiger partial charge >= 0.3 is 5.97 Å². The lowest BCUT2D eigenvalue weighted by atomic mass is 9.91. The lowest BCUT2D eigenvalue weighted by Crippen LogP contribution is -2.23. The number of esters is 1. The fourth-order valence-electron chi connectivity index (χ4n) is 2.08. The molecule has 0 saturated carbocycles. The molecule has 5 heteroatoms. The molecule has 0 amide bonds. The molecule has 4 nitrogen and oxygen atoms in total. The Balaban J connectivity index is 2.95. The first kappa shape index (κ1) is 16.8. The number of carbonyl (C=O) groups is 1. The summed E-state index contributed by atoms with van der Waals surface area (Å²) in [5, 5.41) is 10.8. The van der Waals surface area contributed by atoms with Crippen molar-refractivity contribution in [1.82, 2.24) is 0 Å². The molecule has 2 atom stereocenters. The number of unbranched alkanes of at least 4 members (excludes halogenated alkanes) is 1. The van der Waals surface area contributed by atoms with E-state index in [-0.39, 0.29) is 0 Å². The van der Waals surface area contributed by atoms with E-state index in [0.29, 0.717) is 22.8 Å². The Morgan fingerprint density at radius 2 is 2.10 bits per heavy atom. The van der Waals surface area contributed by atoms with Gasteiger partial charge in [0.25, 0.3) is 0 Å². The average Bonchev–Trinajstić information content (AvgIpc) is 2.46. The first-order valence-electron chi connectivity index (χ1n) is 6.64. The second kappa shape index (κ2) is 8.12. The van der Waals surface area contributed by atoms with E-state index in [0.717, 1.165) is 12.8 Å². The third-order valence-electron chi connectivity index (χ3n) is 3.27. The van der Waals surface area contributed by atoms with Gasteiger partial charge in [-0.3, -0.25) is 4.79 Å². The van der Waals surface area contributed by atoms with E-state index in [1.165, 1.54) is 14.2 Å². The first-order chi connectivity index (χ1) is 9.54. The molecule has 2 unspecified atom stereocenters. The number of hydrogen-bond donors (Lipinski definition) is 1. The number of methoxy groups -OCH3 is 2. The number of ether oxygens (including phenoxy) is 2. The summed E-state index contributed by atoms with van der Waals surface area (Å²) < 4.78 is 9.84. The van der Waals surface area contributed by atoms with Crippen LogP contribution in [0.1, 0.15) is 37.9 Å². The number of hydrogen-bond acceptors (Lipinski definition) is 4. The minimum atomic E-state index is -0.933. The van der Waals surface area contributed by atoms with Gasteiger partial charge in [-0.1, -0.05) is 37.4 Å². The van der Waals surface area contributed by atoms with Crippen molar-refractivity contribution in [3.63, 3.8) is 0 Å². The molecule has 0 heterocycles. The number of aliphatic hydroxyl groups excluding tert-OH is 1. The van der Waals surface area contributed by atoms with Gasteiger partial charge in [0.05, 0.1) is 31.3 Å². The second-order valence-electron chi connectivity index (χ2n) is 4.61. The molecule has 1 N–H and O–H groups in total. The smallest absolute Gasteiger partial charge is 0.311 e. The van der Waals surface area contributed by atoms with Gasteiger partial charge in [0, 0.05) is 0 Å². The van der Waals surface area contributed by atoms with Crippen LogP contribution in [0, 0.1) is 5.92 Å². The van der Waals surface area contributed by atoms with E-state index in [9.17, 15) is 9.90 Å². The zero-order chi connectivity index (χ0) is 15.1. The molecule has 1 aromatic carbocycles. The number of halogens is 1. The molecule has 0 aromatic heterocycles. The van der Waals surface area contributed by atoms with Crippen molar-refractivity contribution in [3.8, 4) is 5.75 Å². The van der Waals surface area contributed by atoms with Gasteiger partial charge in [-0.2, -0.15) is 0 Å². The Morgan fingerprint density at radius 3 is 2.60 bits per heavy atom. The zero-order valence-electron chi connectivity index (χ0n) is 12.1. The normalized spacial score (nSPS) is 13.7. The minimum absolute atomic E-state index is 0.405. The lowest BCUT2D eigenvalue weighted by molar-refractivity contribution is -0.150. The Morgan fingerprint density at radius 1 is 1.40 bits per heavy atom. The monoisotopic (exact) mass is 300 g/mol. The highest BCUT2D eigenvalue weighted by molar-refractivity contribution is 6.32. The van der Waals surface area contributed by atoms with E-state index in [2.05, 4.69) is 0 Å². The summed E-state index contributed by atoms with van der Waals surface area (Å²) in [6.07, 6.45) is 1.44. The van der Waals surface area contributed by atoms with E-state index >= 15 is 0 Å². The maximum atomic E-state index is 11.8. The van der Waals surface area contributed by atoms with Crippen LogP contribution >= 0.6 is 11.6 Å². The summed E-state index contributed by atoms with van der Waals surface area (Å²) in [7, 11) is 2.85. The third kappa shape index (κ3) is 4.12. The number of rotatable bonds is 7. The SMILES string of the molecule is CCCCC(C(=O)OC)C(O)c1ccc(OC)c(Cl)c1. The van der Waals surface area contributed by atoms with Gasteiger partial charge in [0.15, 0.2) is 0 Å². The molecule has 0 aliphatic carbocycles. The molecule has 0 radical (unpaired) electrons. The van der Waals surface area contributed by atoms with Crippen molar-refractivity contribution in [3.05, 3.63) is 28.8 Å². The molecule has 0 bridgehead atoms. The van der Waals surface area contributed by atoms with Crippen LogP contribution in [0.5, 0.6) is 5.75 Å². The van der Waals surface area contributed by atoms with Crippen LogP contribution < -0.4 is 4.74 Å². The number of carbonyl (C=O) groups excluding carboxylic acids is 1. The van der Waals surface area contributed by atoms with E-state index in [4.69, 9.17) is 21.1 Å². The average molecular weight is 301 g/mol. The summed E-state index contributed by atoms with van der Waals surface area (Å²) in [6.45, 7) is 2.03. The second-order valence-corrected chi connectivity index (χ2v) is 5.02. The van der Waals surface area contributed by atoms with Gasteiger partial charge in [-0.15, -0.1) is 0 Å². The summed E-state index contributed by atoms with van der Waals surface area (Å²) >= 11 is 6.04. The summed E-state index contributed by atoms with van der Waals surface area (Å²) in [5.74, 6) is -0.451. The maximum Gasteiger partial charge on any atom is 0.311 e. The van der Waals surface area contributed by atoms with Crippen molar-refractivity contribution in [2.45, 2.75) is 32.3 Å². The van der Waals surface area contributed by atoms with Crippen molar-refractivity contribution in [2.75, 3.05) is 14.2 Å². The number of benzene rings is 1. The van der Waals surface area contributed by atoms with Gasteiger partial charge in [0.2, 0.25) is 0 Å². The molecule has 0 aliphatic rings. The highest BCUT2D eigenvalue weighted by Crippen LogP contribution is 2.32. The fraction of sp³-hybridized carbons (Fsp3) is 0.533. The van der Waals surface area contributed by atoms with Gasteiger partial charge in [-0.25, -0.2) is 0 Å². The van der Waals surface area contributed by atoms with Crippen molar-refractivity contribution in [2.24, 2.45) is 5.92 Å². The Hall–Kier alpha value is -1.26. The van der Waals surface area contributed by atoms with Crippen molar-refractivity contribution >= 4 is 17.6 Å². The quantitative estimate of drug-likeness (QED) is 0.785. The van der Waals surface area contributed by atoms with Crippen LogP contribution in [-0.2, 0) is 9.53 Å². The molecule has 0 saturated heterocycles. The molecule has 112 valence electrons. The van der Waals surface area contributed by atoms with Crippen molar-refractivity contribution < 1.29 is 19.4 Å². The highest BCUT2D eigenvalue weighted by Gasteiger charge is 2.28. The Labute approximate surface area is 124 Å². The van der Waals surface area contributed by atoms with Crippen molar-refractivity contribution in [1.29, 1.82) is 0 Å². The molecule has 1 aromatic rings. The fourth-order valence-corrected chi connectivity index (χ4v) is 2.35. The van der Waals surface area contributed by atoms with Crippen LogP contribution in [0.3, 0.4) is 0 Å². The summed E-state index contributed by atoms with van der Waals surface area (Å²) in [5.41, 5.74) is 0.585. The molecule has 0 fully saturated rings. The van der Waals surface area contributed by atoms with E-state index < -0.39 is 18.0 Å². The van der Waals surface area contributed by atoms with E-state index in [1.807, 2.05) is 6.92 Å². The van der Waals surface area contributed by atoms with Crippen LogP contribution in [0.4, 0.5) is 0 Å². The summed E-state index contributed by atoms with van der Waals surface area (Å²) in [4.78, 5) is 11.8. The predicted molar refractivity (Wildman–Crippen MR) is 78.0 cm³/mol. The van der Waals surface area contributed by atoms with Crippen LogP contribution in [0.15, 0.2) is 18.2 Å². The molecule has 1 rings (SSSR count). The van der Waals surface area contributed by atoms with Gasteiger partial charge < -0.3 is 14.6 Å². The largest absolute Gasteiger partial charge is 0.495 e. The molecule has 20 heavy (non-hydrogen) atoms. The van der Waals surface area contributed by atoms with Gasteiger partial charge in [0.1, 0.15) is 5.75 Å². The third-order valence-corrected chi connectivity index (χ3v) is 3.57. The van der Waals surface area contributed by atoms with Crippen LogP contribution in [0.25, 0.3) is 0 Å². The lowest BCUT2D eigenvalue weighted by Gasteiger charge is -2.21. The Bertz CT molecular complexity index is 447. The standard InChI is InChI=1S/C15H21ClO4/c1-4-5-6-11(15(18)20-3)14(17)10-7-8-13(19-2)12(16)9-10/h7-9,11,14,17H,4-6H2,1-3H3. The molecular formula is C15H21ClO4. The first-order valence-corrected chi connectivity index (χ1v) is 7.02. The minimum Gasteiger partial charge on any atom is -0.495 e. The van der Waals surface area contributed by atoms with Crippen LogP contribution in [0.2, 0.25) is 5.02 Å². The molecular weight excluding hydrogens is 280 g/mol. The maximum absolute atomic E-state index is 11.8. The Kier molecular flexibility index (Phi) is 6.82. The highest BCUT2D eigenvalue weighted by atomic mass is 35.5.